The van der Waals surface area contributed by atoms with Gasteiger partial charge < -0.3 is 10.6 Å². The summed E-state index contributed by atoms with van der Waals surface area (Å²) >= 11 is 0. The number of amides is 4. The lowest BCUT2D eigenvalue weighted by atomic mass is 10.0. The summed E-state index contributed by atoms with van der Waals surface area (Å²) in [6.45, 7) is 0.162. The van der Waals surface area contributed by atoms with Crippen molar-refractivity contribution in [2.75, 3.05) is 0 Å². The first-order valence-electron chi connectivity index (χ1n) is 11.7. The zero-order valence-corrected chi connectivity index (χ0v) is 19.1. The fourth-order valence-corrected chi connectivity index (χ4v) is 4.17. The third-order valence-corrected chi connectivity index (χ3v) is 6.24. The Labute approximate surface area is 203 Å². The number of nitrogens with zero attached hydrogens (tertiary/aromatic N) is 1. The molecule has 2 N–H and O–H groups in total. The molecule has 0 spiro atoms. The molecule has 1 fully saturated rings. The van der Waals surface area contributed by atoms with Gasteiger partial charge in [0, 0.05) is 18.0 Å². The van der Waals surface area contributed by atoms with Gasteiger partial charge in [0.25, 0.3) is 17.7 Å². The third kappa shape index (κ3) is 4.99. The van der Waals surface area contributed by atoms with E-state index in [0.717, 1.165) is 24.0 Å². The Morgan fingerprint density at radius 3 is 2.11 bits per heavy atom. The van der Waals surface area contributed by atoms with Gasteiger partial charge in [0.1, 0.15) is 6.04 Å². The molecule has 4 amide bonds. The lowest BCUT2D eigenvalue weighted by Gasteiger charge is -2.19. The van der Waals surface area contributed by atoms with Gasteiger partial charge in [-0.1, -0.05) is 60.7 Å². The molecule has 1 aliphatic carbocycles. The highest BCUT2D eigenvalue weighted by Gasteiger charge is 2.36. The maximum Gasteiger partial charge on any atom is 0.261 e. The molecule has 3 aromatic rings. The molecule has 1 unspecified atom stereocenters. The SMILES string of the molecule is O=C(NC(Cc1ccccc1)C(=O)NC1CC1)c1ccc2c(c1)C(=O)N(Cc1ccccc1)C2=O. The van der Waals surface area contributed by atoms with Crippen LogP contribution in [0.25, 0.3) is 0 Å². The van der Waals surface area contributed by atoms with Crippen LogP contribution >= 0.6 is 0 Å². The number of imide groups is 1. The average Bonchev–Trinajstić information content (AvgIpc) is 3.67. The molecule has 0 radical (unpaired) electrons. The van der Waals surface area contributed by atoms with Crippen molar-refractivity contribution in [2.45, 2.75) is 37.9 Å². The average molecular weight is 468 g/mol. The smallest absolute Gasteiger partial charge is 0.261 e. The zero-order chi connectivity index (χ0) is 24.4. The number of rotatable bonds is 8. The fraction of sp³-hybridized carbons (Fsp3) is 0.214. The van der Waals surface area contributed by atoms with E-state index in [9.17, 15) is 19.2 Å². The second kappa shape index (κ2) is 9.54. The first kappa shape index (κ1) is 22.5. The van der Waals surface area contributed by atoms with E-state index in [-0.39, 0.29) is 41.1 Å². The number of nitrogens with one attached hydrogen (secondary N) is 2. The number of carbonyl (C=O) groups is 4. The Balaban J connectivity index is 1.33. The van der Waals surface area contributed by atoms with Gasteiger partial charge in [0.05, 0.1) is 17.7 Å². The van der Waals surface area contributed by atoms with Gasteiger partial charge in [-0.15, -0.1) is 0 Å². The summed E-state index contributed by atoms with van der Waals surface area (Å²) in [7, 11) is 0. The lowest BCUT2D eigenvalue weighted by Crippen LogP contribution is -2.48. The van der Waals surface area contributed by atoms with Crippen LogP contribution in [-0.2, 0) is 17.8 Å². The molecule has 7 heteroatoms. The van der Waals surface area contributed by atoms with E-state index in [0.29, 0.717) is 6.42 Å². The minimum Gasteiger partial charge on any atom is -0.352 e. The van der Waals surface area contributed by atoms with Crippen LogP contribution in [0.2, 0.25) is 0 Å². The third-order valence-electron chi connectivity index (χ3n) is 6.24. The molecular formula is C28H25N3O4. The topological polar surface area (TPSA) is 95.6 Å². The fourth-order valence-electron chi connectivity index (χ4n) is 4.17. The van der Waals surface area contributed by atoms with Crippen LogP contribution in [0, 0.1) is 0 Å². The van der Waals surface area contributed by atoms with Gasteiger partial charge in [-0.25, -0.2) is 0 Å². The van der Waals surface area contributed by atoms with E-state index in [2.05, 4.69) is 10.6 Å². The summed E-state index contributed by atoms with van der Waals surface area (Å²) in [5.74, 6) is -1.52. The molecule has 3 aromatic carbocycles. The summed E-state index contributed by atoms with van der Waals surface area (Å²) in [6.07, 6.45) is 2.23. The van der Waals surface area contributed by atoms with Gasteiger partial charge in [-0.2, -0.15) is 0 Å². The standard InChI is InChI=1S/C28H25N3O4/c32-25(30-24(26(33)29-21-12-13-21)15-18-7-3-1-4-8-18)20-11-14-22-23(16-20)28(35)31(27(22)34)17-19-9-5-2-6-10-19/h1-11,14,16,21,24H,12-13,15,17H2,(H,29,33)(H,30,32). The summed E-state index contributed by atoms with van der Waals surface area (Å²) in [5, 5.41) is 5.78. The van der Waals surface area contributed by atoms with Crippen molar-refractivity contribution >= 4 is 23.6 Å². The molecule has 1 saturated carbocycles. The molecule has 0 aromatic heterocycles. The minimum absolute atomic E-state index is 0.162. The number of benzene rings is 3. The van der Waals surface area contributed by atoms with Crippen LogP contribution < -0.4 is 10.6 Å². The van der Waals surface area contributed by atoms with Crippen LogP contribution in [0.3, 0.4) is 0 Å². The van der Waals surface area contributed by atoms with Gasteiger partial charge in [0.15, 0.2) is 0 Å². The van der Waals surface area contributed by atoms with Gasteiger partial charge in [-0.05, 0) is 42.2 Å². The highest BCUT2D eigenvalue weighted by atomic mass is 16.2. The van der Waals surface area contributed by atoms with E-state index in [1.54, 1.807) is 0 Å². The minimum atomic E-state index is -0.759. The van der Waals surface area contributed by atoms with Crippen LogP contribution in [-0.4, -0.2) is 40.6 Å². The van der Waals surface area contributed by atoms with Crippen molar-refractivity contribution in [2.24, 2.45) is 0 Å². The quantitative estimate of drug-likeness (QED) is 0.498. The largest absolute Gasteiger partial charge is 0.352 e. The molecule has 0 saturated heterocycles. The zero-order valence-electron chi connectivity index (χ0n) is 19.1. The van der Waals surface area contributed by atoms with Gasteiger partial charge >= 0.3 is 0 Å². The predicted molar refractivity (Wildman–Crippen MR) is 130 cm³/mol. The van der Waals surface area contributed by atoms with Crippen molar-refractivity contribution in [1.29, 1.82) is 0 Å². The van der Waals surface area contributed by atoms with E-state index in [1.165, 1.54) is 23.1 Å². The van der Waals surface area contributed by atoms with E-state index >= 15 is 0 Å². The highest BCUT2D eigenvalue weighted by Crippen LogP contribution is 2.26. The van der Waals surface area contributed by atoms with Crippen molar-refractivity contribution in [3.05, 3.63) is 107 Å². The van der Waals surface area contributed by atoms with Crippen molar-refractivity contribution in [3.63, 3.8) is 0 Å². The van der Waals surface area contributed by atoms with Crippen LogP contribution in [0.15, 0.2) is 78.9 Å². The predicted octanol–water partition coefficient (Wildman–Crippen LogP) is 3.10. The second-order valence-electron chi connectivity index (χ2n) is 8.94. The molecule has 1 atom stereocenters. The first-order valence-corrected chi connectivity index (χ1v) is 11.7. The summed E-state index contributed by atoms with van der Waals surface area (Å²) in [5.41, 5.74) is 2.46. The first-order chi connectivity index (χ1) is 17.0. The Kier molecular flexibility index (Phi) is 6.14. The molecule has 176 valence electrons. The Morgan fingerprint density at radius 2 is 1.46 bits per heavy atom. The van der Waals surface area contributed by atoms with E-state index in [1.807, 2.05) is 60.7 Å². The van der Waals surface area contributed by atoms with Crippen molar-refractivity contribution in [3.8, 4) is 0 Å². The summed E-state index contributed by atoms with van der Waals surface area (Å²) < 4.78 is 0. The Bertz CT molecular complexity index is 1290. The van der Waals surface area contributed by atoms with E-state index in [4.69, 9.17) is 0 Å². The molecule has 2 aliphatic rings. The highest BCUT2D eigenvalue weighted by molar-refractivity contribution is 6.22. The lowest BCUT2D eigenvalue weighted by molar-refractivity contribution is -0.123. The normalized spacial score (nSPS) is 15.5. The molecule has 5 rings (SSSR count). The molecule has 35 heavy (non-hydrogen) atoms. The molecule has 1 aliphatic heterocycles. The molecular weight excluding hydrogens is 442 g/mol. The number of fused-ring (bicyclic) bond motifs is 1. The second-order valence-corrected chi connectivity index (χ2v) is 8.94. The van der Waals surface area contributed by atoms with Gasteiger partial charge in [-0.3, -0.25) is 24.1 Å². The summed E-state index contributed by atoms with van der Waals surface area (Å²) in [6, 6.07) is 22.6. The Hall–Kier alpha value is -4.26. The maximum absolute atomic E-state index is 13.1. The number of hydrogen-bond acceptors (Lipinski definition) is 4. The number of carbonyl (C=O) groups excluding carboxylic acids is 4. The van der Waals surface area contributed by atoms with Crippen molar-refractivity contribution < 1.29 is 19.2 Å². The maximum atomic E-state index is 13.1. The molecule has 7 nitrogen and oxygen atoms in total. The summed E-state index contributed by atoms with van der Waals surface area (Å²) in [4.78, 5) is 52.9. The van der Waals surface area contributed by atoms with Gasteiger partial charge in [0.2, 0.25) is 5.91 Å². The van der Waals surface area contributed by atoms with Crippen LogP contribution in [0.5, 0.6) is 0 Å². The Morgan fingerprint density at radius 1 is 0.829 bits per heavy atom. The van der Waals surface area contributed by atoms with Crippen LogP contribution in [0.4, 0.5) is 0 Å². The molecule has 0 bridgehead atoms. The van der Waals surface area contributed by atoms with Crippen molar-refractivity contribution in [1.82, 2.24) is 15.5 Å². The monoisotopic (exact) mass is 467 g/mol. The number of hydrogen-bond donors (Lipinski definition) is 2. The van der Waals surface area contributed by atoms with Crippen LogP contribution in [0.1, 0.15) is 55.0 Å². The molecule has 1 heterocycles. The van der Waals surface area contributed by atoms with E-state index < -0.39 is 17.9 Å².